The van der Waals surface area contributed by atoms with E-state index in [9.17, 15) is 9.59 Å². The standard InChI is InChI=1S/C22H28N4O3/c1-4-25-12-14-26(15-13-25)22(28)19-10-7-9-18(23-19)21(27)24-17-8-5-6-11-20(17)29-16(2)3/h5-11,16H,4,12-15H2,1-3H3,(H,24,27). The van der Waals surface area contributed by atoms with Crippen LogP contribution in [0, 0.1) is 0 Å². The van der Waals surface area contributed by atoms with Crippen LogP contribution in [0.25, 0.3) is 0 Å². The molecule has 7 heteroatoms. The van der Waals surface area contributed by atoms with Crippen LogP contribution in [-0.4, -0.2) is 65.4 Å². The highest BCUT2D eigenvalue weighted by Crippen LogP contribution is 2.25. The zero-order valence-corrected chi connectivity index (χ0v) is 17.2. The second kappa shape index (κ2) is 9.52. The predicted octanol–water partition coefficient (Wildman–Crippen LogP) is 2.90. The average molecular weight is 396 g/mol. The number of anilines is 1. The second-order valence-corrected chi connectivity index (χ2v) is 7.25. The molecule has 1 aliphatic rings. The fraction of sp³-hybridized carbons (Fsp3) is 0.409. The predicted molar refractivity (Wildman–Crippen MR) is 112 cm³/mol. The minimum atomic E-state index is -0.379. The van der Waals surface area contributed by atoms with Gasteiger partial charge in [0.15, 0.2) is 0 Å². The number of likely N-dealkylation sites (N-methyl/N-ethyl adjacent to an activating group) is 1. The molecule has 7 nitrogen and oxygen atoms in total. The van der Waals surface area contributed by atoms with Gasteiger partial charge in [0.2, 0.25) is 0 Å². The lowest BCUT2D eigenvalue weighted by molar-refractivity contribution is 0.0637. The molecule has 0 aliphatic carbocycles. The van der Waals surface area contributed by atoms with Gasteiger partial charge in [-0.2, -0.15) is 0 Å². The quantitative estimate of drug-likeness (QED) is 0.813. The molecular weight excluding hydrogens is 368 g/mol. The van der Waals surface area contributed by atoms with Gasteiger partial charge in [-0.25, -0.2) is 4.98 Å². The van der Waals surface area contributed by atoms with E-state index in [1.54, 1.807) is 35.2 Å². The van der Waals surface area contributed by atoms with Gasteiger partial charge in [-0.15, -0.1) is 0 Å². The van der Waals surface area contributed by atoms with E-state index in [4.69, 9.17) is 4.74 Å². The molecule has 0 spiro atoms. The number of pyridine rings is 1. The number of nitrogens with zero attached hydrogens (tertiary/aromatic N) is 3. The SMILES string of the molecule is CCN1CCN(C(=O)c2cccc(C(=O)Nc3ccccc3OC(C)C)n2)CC1. The van der Waals surface area contributed by atoms with Crippen LogP contribution in [0.5, 0.6) is 5.75 Å². The van der Waals surface area contributed by atoms with Crippen LogP contribution in [0.3, 0.4) is 0 Å². The second-order valence-electron chi connectivity index (χ2n) is 7.25. The molecule has 0 bridgehead atoms. The number of hydrogen-bond acceptors (Lipinski definition) is 5. The zero-order chi connectivity index (χ0) is 20.8. The third-order valence-electron chi connectivity index (χ3n) is 4.81. The van der Waals surface area contributed by atoms with Gasteiger partial charge in [0.1, 0.15) is 17.1 Å². The number of rotatable bonds is 6. The van der Waals surface area contributed by atoms with E-state index in [-0.39, 0.29) is 29.3 Å². The molecule has 29 heavy (non-hydrogen) atoms. The molecule has 0 saturated carbocycles. The van der Waals surface area contributed by atoms with Crippen LogP contribution in [0.4, 0.5) is 5.69 Å². The molecule has 1 aliphatic heterocycles. The van der Waals surface area contributed by atoms with Gasteiger partial charge in [-0.05, 0) is 44.7 Å². The van der Waals surface area contributed by atoms with Crippen molar-refractivity contribution in [3.05, 3.63) is 53.9 Å². The summed E-state index contributed by atoms with van der Waals surface area (Å²) in [5.74, 6) is 0.0751. The van der Waals surface area contributed by atoms with E-state index in [2.05, 4.69) is 22.1 Å². The molecule has 3 rings (SSSR count). The van der Waals surface area contributed by atoms with Gasteiger partial charge in [0.05, 0.1) is 11.8 Å². The topological polar surface area (TPSA) is 74.8 Å². The molecule has 1 aromatic heterocycles. The Kier molecular flexibility index (Phi) is 6.82. The first-order valence-electron chi connectivity index (χ1n) is 10.0. The molecule has 0 atom stereocenters. The van der Waals surface area contributed by atoms with E-state index in [1.807, 2.05) is 26.0 Å². The number of ether oxygens (including phenoxy) is 1. The lowest BCUT2D eigenvalue weighted by atomic mass is 10.2. The van der Waals surface area contributed by atoms with Crippen molar-refractivity contribution in [2.45, 2.75) is 26.9 Å². The highest BCUT2D eigenvalue weighted by atomic mass is 16.5. The Morgan fingerprint density at radius 2 is 1.72 bits per heavy atom. The van der Waals surface area contributed by atoms with Crippen molar-refractivity contribution < 1.29 is 14.3 Å². The first kappa shape index (κ1) is 20.8. The lowest BCUT2D eigenvalue weighted by Gasteiger charge is -2.33. The Hall–Kier alpha value is -2.93. The molecule has 0 radical (unpaired) electrons. The van der Waals surface area contributed by atoms with Crippen molar-refractivity contribution in [1.29, 1.82) is 0 Å². The van der Waals surface area contributed by atoms with Crippen molar-refractivity contribution in [3.63, 3.8) is 0 Å². The van der Waals surface area contributed by atoms with Crippen molar-refractivity contribution in [2.24, 2.45) is 0 Å². The Morgan fingerprint density at radius 3 is 2.41 bits per heavy atom. The van der Waals surface area contributed by atoms with E-state index >= 15 is 0 Å². The smallest absolute Gasteiger partial charge is 0.274 e. The summed E-state index contributed by atoms with van der Waals surface area (Å²) in [6, 6.07) is 12.2. The first-order chi connectivity index (χ1) is 14.0. The van der Waals surface area contributed by atoms with Crippen molar-refractivity contribution in [1.82, 2.24) is 14.8 Å². The van der Waals surface area contributed by atoms with Crippen LogP contribution in [0.1, 0.15) is 41.7 Å². The van der Waals surface area contributed by atoms with E-state index in [0.29, 0.717) is 24.5 Å². The van der Waals surface area contributed by atoms with Crippen LogP contribution in [0.2, 0.25) is 0 Å². The maximum Gasteiger partial charge on any atom is 0.274 e. The zero-order valence-electron chi connectivity index (χ0n) is 17.2. The van der Waals surface area contributed by atoms with Gasteiger partial charge < -0.3 is 19.9 Å². The number of amides is 2. The number of nitrogens with one attached hydrogen (secondary N) is 1. The number of para-hydroxylation sites is 2. The summed E-state index contributed by atoms with van der Waals surface area (Å²) >= 11 is 0. The molecule has 1 saturated heterocycles. The molecule has 2 aromatic rings. The summed E-state index contributed by atoms with van der Waals surface area (Å²) in [6.07, 6.45) is -0.0136. The van der Waals surface area contributed by atoms with Crippen molar-refractivity contribution in [2.75, 3.05) is 38.0 Å². The van der Waals surface area contributed by atoms with Gasteiger partial charge in [-0.1, -0.05) is 25.1 Å². The molecule has 2 amide bonds. The number of hydrogen-bond donors (Lipinski definition) is 1. The summed E-state index contributed by atoms with van der Waals surface area (Å²) in [7, 11) is 0. The van der Waals surface area contributed by atoms with Crippen LogP contribution < -0.4 is 10.1 Å². The number of carbonyl (C=O) groups is 2. The lowest BCUT2D eigenvalue weighted by Crippen LogP contribution is -2.48. The normalized spacial score (nSPS) is 14.7. The van der Waals surface area contributed by atoms with Crippen LogP contribution >= 0.6 is 0 Å². The molecule has 154 valence electrons. The summed E-state index contributed by atoms with van der Waals surface area (Å²) in [5, 5.41) is 2.83. The number of carbonyl (C=O) groups excluding carboxylic acids is 2. The van der Waals surface area contributed by atoms with Crippen molar-refractivity contribution >= 4 is 17.5 Å². The fourth-order valence-corrected chi connectivity index (χ4v) is 3.22. The first-order valence-corrected chi connectivity index (χ1v) is 10.0. The monoisotopic (exact) mass is 396 g/mol. The number of piperazine rings is 1. The number of aromatic nitrogens is 1. The Morgan fingerprint density at radius 1 is 1.03 bits per heavy atom. The van der Waals surface area contributed by atoms with Crippen LogP contribution in [0.15, 0.2) is 42.5 Å². The van der Waals surface area contributed by atoms with E-state index < -0.39 is 0 Å². The maximum atomic E-state index is 12.8. The minimum absolute atomic E-state index is 0.0136. The molecule has 0 unspecified atom stereocenters. The molecule has 1 fully saturated rings. The minimum Gasteiger partial charge on any atom is -0.489 e. The third-order valence-corrected chi connectivity index (χ3v) is 4.81. The Labute approximate surface area is 171 Å². The summed E-state index contributed by atoms with van der Waals surface area (Å²) in [5.41, 5.74) is 1.05. The average Bonchev–Trinajstić information content (AvgIpc) is 2.74. The molecular formula is C22H28N4O3. The maximum absolute atomic E-state index is 12.8. The highest BCUT2D eigenvalue weighted by molar-refractivity contribution is 6.04. The Balaban J connectivity index is 1.71. The molecule has 1 aromatic carbocycles. The summed E-state index contributed by atoms with van der Waals surface area (Å²) < 4.78 is 5.74. The van der Waals surface area contributed by atoms with Crippen LogP contribution in [-0.2, 0) is 0 Å². The highest BCUT2D eigenvalue weighted by Gasteiger charge is 2.23. The van der Waals surface area contributed by atoms with E-state index in [1.165, 1.54) is 0 Å². The fourth-order valence-electron chi connectivity index (χ4n) is 3.22. The van der Waals surface area contributed by atoms with Gasteiger partial charge in [0.25, 0.3) is 11.8 Å². The van der Waals surface area contributed by atoms with Crippen molar-refractivity contribution in [3.8, 4) is 5.75 Å². The summed E-state index contributed by atoms with van der Waals surface area (Å²) in [6.45, 7) is 10.0. The largest absolute Gasteiger partial charge is 0.489 e. The van der Waals surface area contributed by atoms with Gasteiger partial charge in [-0.3, -0.25) is 9.59 Å². The van der Waals surface area contributed by atoms with Gasteiger partial charge in [0, 0.05) is 26.2 Å². The third kappa shape index (κ3) is 5.32. The number of benzene rings is 1. The summed E-state index contributed by atoms with van der Waals surface area (Å²) in [4.78, 5) is 33.9. The van der Waals surface area contributed by atoms with E-state index in [0.717, 1.165) is 19.6 Å². The molecule has 2 heterocycles. The molecule has 1 N–H and O–H groups in total. The van der Waals surface area contributed by atoms with Gasteiger partial charge >= 0.3 is 0 Å². The Bertz CT molecular complexity index is 861.